The van der Waals surface area contributed by atoms with E-state index in [1.54, 1.807) is 24.3 Å². The summed E-state index contributed by atoms with van der Waals surface area (Å²) in [5.41, 5.74) is 0.595. The summed E-state index contributed by atoms with van der Waals surface area (Å²) in [6.45, 7) is 1.70. The Bertz CT molecular complexity index is 562. The van der Waals surface area contributed by atoms with Crippen molar-refractivity contribution >= 4 is 39.5 Å². The fraction of sp³-hybridized carbons (Fsp3) is 0.357. The smallest absolute Gasteiger partial charge is 0.325 e. The fourth-order valence-electron chi connectivity index (χ4n) is 2.04. The van der Waals surface area contributed by atoms with E-state index in [-0.39, 0.29) is 12.5 Å². The minimum Gasteiger partial charge on any atom is -0.355 e. The topological polar surface area (TPSA) is 90.5 Å². The van der Waals surface area contributed by atoms with E-state index in [4.69, 9.17) is 0 Å². The Labute approximate surface area is 136 Å². The van der Waals surface area contributed by atoms with Crippen LogP contribution in [0.25, 0.3) is 0 Å². The molecule has 0 unspecified atom stereocenters. The summed E-state index contributed by atoms with van der Waals surface area (Å²) in [4.78, 5) is 36.6. The lowest BCUT2D eigenvalue weighted by Crippen LogP contribution is -2.42. The molecule has 0 bridgehead atoms. The van der Waals surface area contributed by atoms with Crippen molar-refractivity contribution in [1.82, 2.24) is 15.5 Å². The van der Waals surface area contributed by atoms with Gasteiger partial charge in [0.25, 0.3) is 0 Å². The van der Waals surface area contributed by atoms with Crippen LogP contribution in [0.1, 0.15) is 6.42 Å². The second-order valence-electron chi connectivity index (χ2n) is 4.89. The zero-order valence-corrected chi connectivity index (χ0v) is 13.5. The van der Waals surface area contributed by atoms with Crippen LogP contribution in [0.5, 0.6) is 0 Å². The molecule has 0 radical (unpaired) electrons. The van der Waals surface area contributed by atoms with Gasteiger partial charge in [-0.1, -0.05) is 15.9 Å². The third-order valence-corrected chi connectivity index (χ3v) is 3.66. The number of imide groups is 1. The number of anilines is 1. The molecule has 4 amide bonds. The molecular weight excluding hydrogens is 352 g/mol. The summed E-state index contributed by atoms with van der Waals surface area (Å²) >= 11 is 3.30. The van der Waals surface area contributed by atoms with E-state index >= 15 is 0 Å². The van der Waals surface area contributed by atoms with Crippen molar-refractivity contribution < 1.29 is 14.4 Å². The molecule has 0 aliphatic carbocycles. The summed E-state index contributed by atoms with van der Waals surface area (Å²) in [7, 11) is 0. The van der Waals surface area contributed by atoms with Crippen LogP contribution in [0, 0.1) is 0 Å². The minimum absolute atomic E-state index is 0.0177. The molecule has 0 saturated carbocycles. The molecule has 3 N–H and O–H groups in total. The van der Waals surface area contributed by atoms with Gasteiger partial charge in [-0.05, 0) is 24.3 Å². The highest BCUT2D eigenvalue weighted by atomic mass is 79.9. The summed E-state index contributed by atoms with van der Waals surface area (Å²) in [5, 5.41) is 7.58. The van der Waals surface area contributed by atoms with Crippen molar-refractivity contribution in [2.75, 3.05) is 31.5 Å². The average molecular weight is 369 g/mol. The van der Waals surface area contributed by atoms with Crippen molar-refractivity contribution in [3.8, 4) is 0 Å². The highest BCUT2D eigenvalue weighted by Gasteiger charge is 2.17. The number of carbonyl (C=O) groups is 3. The SMILES string of the molecule is O=C1CCN(CC(=O)NC(=O)Nc2ccc(Br)cc2)CCN1. The van der Waals surface area contributed by atoms with Gasteiger partial charge in [-0.2, -0.15) is 0 Å². The zero-order valence-electron chi connectivity index (χ0n) is 11.9. The van der Waals surface area contributed by atoms with Crippen LogP contribution in [0.15, 0.2) is 28.7 Å². The van der Waals surface area contributed by atoms with Crippen molar-refractivity contribution in [1.29, 1.82) is 0 Å². The van der Waals surface area contributed by atoms with Gasteiger partial charge in [-0.3, -0.25) is 19.8 Å². The lowest BCUT2D eigenvalue weighted by molar-refractivity contribution is -0.122. The largest absolute Gasteiger partial charge is 0.355 e. The maximum absolute atomic E-state index is 11.8. The van der Waals surface area contributed by atoms with E-state index in [2.05, 4.69) is 31.9 Å². The van der Waals surface area contributed by atoms with Crippen molar-refractivity contribution in [3.05, 3.63) is 28.7 Å². The normalized spacial score (nSPS) is 15.6. The fourth-order valence-corrected chi connectivity index (χ4v) is 2.30. The monoisotopic (exact) mass is 368 g/mol. The Morgan fingerprint density at radius 1 is 1.23 bits per heavy atom. The highest BCUT2D eigenvalue weighted by Crippen LogP contribution is 2.13. The molecule has 0 atom stereocenters. The van der Waals surface area contributed by atoms with Crippen LogP contribution in [-0.4, -0.2) is 48.9 Å². The number of nitrogens with one attached hydrogen (secondary N) is 3. The first-order valence-corrected chi connectivity index (χ1v) is 7.68. The number of nitrogens with zero attached hydrogens (tertiary/aromatic N) is 1. The van der Waals surface area contributed by atoms with Gasteiger partial charge in [0, 0.05) is 36.2 Å². The van der Waals surface area contributed by atoms with Gasteiger partial charge in [0.1, 0.15) is 0 Å². The number of urea groups is 1. The molecular formula is C14H17BrN4O3. The Kier molecular flexibility index (Phi) is 5.91. The number of hydrogen-bond donors (Lipinski definition) is 3. The molecule has 0 spiro atoms. The Hall–Kier alpha value is -1.93. The van der Waals surface area contributed by atoms with Crippen LogP contribution in [0.3, 0.4) is 0 Å². The predicted octanol–water partition coefficient (Wildman–Crippen LogP) is 0.919. The lowest BCUT2D eigenvalue weighted by Gasteiger charge is -2.17. The first-order chi connectivity index (χ1) is 10.5. The summed E-state index contributed by atoms with van der Waals surface area (Å²) < 4.78 is 0.902. The minimum atomic E-state index is -0.573. The molecule has 1 aliphatic heterocycles. The van der Waals surface area contributed by atoms with Gasteiger partial charge in [0.15, 0.2) is 0 Å². The molecule has 1 saturated heterocycles. The Balaban J connectivity index is 1.77. The van der Waals surface area contributed by atoms with Gasteiger partial charge in [-0.25, -0.2) is 4.79 Å². The molecule has 1 aliphatic rings. The molecule has 1 heterocycles. The number of halogens is 1. The lowest BCUT2D eigenvalue weighted by atomic mass is 10.3. The van der Waals surface area contributed by atoms with Crippen LogP contribution < -0.4 is 16.0 Å². The first-order valence-electron chi connectivity index (χ1n) is 6.88. The maximum atomic E-state index is 11.8. The molecule has 118 valence electrons. The van der Waals surface area contributed by atoms with Gasteiger partial charge in [0.05, 0.1) is 6.54 Å². The molecule has 1 aromatic rings. The van der Waals surface area contributed by atoms with Crippen molar-refractivity contribution in [3.63, 3.8) is 0 Å². The third-order valence-electron chi connectivity index (χ3n) is 3.13. The standard InChI is InChI=1S/C14H17BrN4O3/c15-10-1-3-11(4-2-10)17-14(22)18-13(21)9-19-7-5-12(20)16-6-8-19/h1-4H,5-9H2,(H,16,20)(H2,17,18,21,22). The molecule has 7 nitrogen and oxygen atoms in total. The van der Waals surface area contributed by atoms with E-state index in [9.17, 15) is 14.4 Å². The van der Waals surface area contributed by atoms with Gasteiger partial charge >= 0.3 is 6.03 Å². The van der Waals surface area contributed by atoms with Gasteiger partial charge in [0.2, 0.25) is 11.8 Å². The van der Waals surface area contributed by atoms with Crippen LogP contribution >= 0.6 is 15.9 Å². The molecule has 22 heavy (non-hydrogen) atoms. The number of hydrogen-bond acceptors (Lipinski definition) is 4. The quantitative estimate of drug-likeness (QED) is 0.739. The Morgan fingerprint density at radius 2 is 1.95 bits per heavy atom. The number of carbonyl (C=O) groups excluding carboxylic acids is 3. The summed E-state index contributed by atoms with van der Waals surface area (Å²) in [6.07, 6.45) is 0.359. The number of benzene rings is 1. The van der Waals surface area contributed by atoms with E-state index in [0.717, 1.165) is 4.47 Å². The average Bonchev–Trinajstić information content (AvgIpc) is 2.66. The maximum Gasteiger partial charge on any atom is 0.325 e. The zero-order chi connectivity index (χ0) is 15.9. The second kappa shape index (κ2) is 7.90. The third kappa shape index (κ3) is 5.45. The van der Waals surface area contributed by atoms with E-state index in [1.165, 1.54) is 0 Å². The van der Waals surface area contributed by atoms with Gasteiger partial charge in [-0.15, -0.1) is 0 Å². The molecule has 0 aromatic heterocycles. The summed E-state index contributed by atoms with van der Waals surface area (Å²) in [6, 6.07) is 6.45. The van der Waals surface area contributed by atoms with E-state index in [0.29, 0.717) is 31.7 Å². The van der Waals surface area contributed by atoms with Crippen LogP contribution in [0.2, 0.25) is 0 Å². The van der Waals surface area contributed by atoms with Crippen molar-refractivity contribution in [2.45, 2.75) is 6.42 Å². The van der Waals surface area contributed by atoms with Crippen LogP contribution in [0.4, 0.5) is 10.5 Å². The molecule has 1 aromatic carbocycles. The highest BCUT2D eigenvalue weighted by molar-refractivity contribution is 9.10. The predicted molar refractivity (Wildman–Crippen MR) is 85.4 cm³/mol. The van der Waals surface area contributed by atoms with E-state index < -0.39 is 11.9 Å². The molecule has 1 fully saturated rings. The molecule has 8 heteroatoms. The Morgan fingerprint density at radius 3 is 2.68 bits per heavy atom. The van der Waals surface area contributed by atoms with Crippen LogP contribution in [-0.2, 0) is 9.59 Å². The second-order valence-corrected chi connectivity index (χ2v) is 5.80. The number of rotatable bonds is 3. The van der Waals surface area contributed by atoms with E-state index in [1.807, 2.05) is 4.90 Å². The van der Waals surface area contributed by atoms with Gasteiger partial charge < -0.3 is 10.6 Å². The van der Waals surface area contributed by atoms with Crippen molar-refractivity contribution in [2.24, 2.45) is 0 Å². The number of amides is 4. The first kappa shape index (κ1) is 16.4. The summed E-state index contributed by atoms with van der Waals surface area (Å²) in [5.74, 6) is -0.417. The molecule has 2 rings (SSSR count).